The molecule has 4 N–H and O–H groups in total. The van der Waals surface area contributed by atoms with E-state index in [0.717, 1.165) is 24.0 Å². The average molecular weight is 505 g/mol. The number of pyridine rings is 1. The third kappa shape index (κ3) is 7.37. The van der Waals surface area contributed by atoms with Crippen LogP contribution in [-0.4, -0.2) is 52.5 Å². The number of carbonyl (C=O) groups excluding carboxylic acids is 2. The van der Waals surface area contributed by atoms with E-state index in [2.05, 4.69) is 10.3 Å². The van der Waals surface area contributed by atoms with E-state index in [1.165, 1.54) is 0 Å². The number of benzene rings is 1. The quantitative estimate of drug-likeness (QED) is 0.365. The fraction of sp³-hybridized carbons (Fsp3) is 0.433. The number of carbonyl (C=O) groups is 2. The Morgan fingerprint density at radius 1 is 1.08 bits per heavy atom. The highest BCUT2D eigenvalue weighted by molar-refractivity contribution is 5.95. The second kappa shape index (κ2) is 13.9. The molecule has 0 radical (unpaired) electrons. The lowest BCUT2D eigenvalue weighted by Crippen LogP contribution is -2.54. The zero-order chi connectivity index (χ0) is 26.7. The summed E-state index contributed by atoms with van der Waals surface area (Å²) in [4.78, 5) is 32.6. The second-order valence-electron chi connectivity index (χ2n) is 9.77. The van der Waals surface area contributed by atoms with Gasteiger partial charge in [-0.2, -0.15) is 0 Å². The van der Waals surface area contributed by atoms with Crippen molar-refractivity contribution in [2.75, 3.05) is 19.6 Å². The molecule has 37 heavy (non-hydrogen) atoms. The van der Waals surface area contributed by atoms with Gasteiger partial charge in [-0.05, 0) is 48.9 Å². The highest BCUT2D eigenvalue weighted by Crippen LogP contribution is 2.44. The molecule has 7 nitrogen and oxygen atoms in total. The molecule has 198 valence electrons. The Morgan fingerprint density at radius 2 is 1.76 bits per heavy atom. The van der Waals surface area contributed by atoms with Crippen molar-refractivity contribution in [3.8, 4) is 0 Å². The molecule has 1 aromatic carbocycles. The summed E-state index contributed by atoms with van der Waals surface area (Å²) in [5.74, 6) is -1.08. The molecule has 0 saturated carbocycles. The minimum Gasteiger partial charge on any atom is -0.391 e. The molecule has 1 unspecified atom stereocenters. The van der Waals surface area contributed by atoms with E-state index >= 15 is 0 Å². The second-order valence-corrected chi connectivity index (χ2v) is 9.77. The van der Waals surface area contributed by atoms with Crippen molar-refractivity contribution in [3.05, 3.63) is 89.8 Å². The molecule has 7 heteroatoms. The fourth-order valence-corrected chi connectivity index (χ4v) is 5.18. The summed E-state index contributed by atoms with van der Waals surface area (Å²) in [6.45, 7) is 6.19. The minimum absolute atomic E-state index is 0.0617. The zero-order valence-corrected chi connectivity index (χ0v) is 22.0. The van der Waals surface area contributed by atoms with Gasteiger partial charge in [0, 0.05) is 50.1 Å². The van der Waals surface area contributed by atoms with Crippen molar-refractivity contribution in [2.45, 2.75) is 52.2 Å². The molecule has 1 aromatic heterocycles. The van der Waals surface area contributed by atoms with Crippen LogP contribution in [-0.2, 0) is 22.6 Å². The Hall–Kier alpha value is -3.29. The van der Waals surface area contributed by atoms with Crippen molar-refractivity contribution in [3.63, 3.8) is 0 Å². The normalized spacial score (nSPS) is 18.6. The molecule has 0 bridgehead atoms. The number of aliphatic hydroxyl groups excluding tert-OH is 1. The third-order valence-electron chi connectivity index (χ3n) is 7.02. The maximum Gasteiger partial charge on any atom is 0.244 e. The summed E-state index contributed by atoms with van der Waals surface area (Å²) in [6, 6.07) is 13.7. The van der Waals surface area contributed by atoms with Crippen LogP contribution in [0.1, 0.15) is 44.2 Å². The lowest BCUT2D eigenvalue weighted by Gasteiger charge is -2.44. The maximum absolute atomic E-state index is 14.4. The van der Waals surface area contributed by atoms with Crippen molar-refractivity contribution in [1.29, 1.82) is 0 Å². The van der Waals surface area contributed by atoms with Gasteiger partial charge in [-0.3, -0.25) is 14.6 Å². The van der Waals surface area contributed by atoms with E-state index in [9.17, 15) is 14.7 Å². The summed E-state index contributed by atoms with van der Waals surface area (Å²) < 4.78 is 0. The molecule has 0 aliphatic heterocycles. The zero-order valence-electron chi connectivity index (χ0n) is 22.0. The number of rotatable bonds is 14. The van der Waals surface area contributed by atoms with Gasteiger partial charge < -0.3 is 21.1 Å². The van der Waals surface area contributed by atoms with Gasteiger partial charge in [0.1, 0.15) is 0 Å². The highest BCUT2D eigenvalue weighted by Gasteiger charge is 2.49. The number of allylic oxidation sites excluding steroid dienone is 2. The molecular formula is C30H40N4O3. The van der Waals surface area contributed by atoms with Crippen LogP contribution in [0.2, 0.25) is 0 Å². The monoisotopic (exact) mass is 504 g/mol. The van der Waals surface area contributed by atoms with Gasteiger partial charge in [-0.1, -0.05) is 62.4 Å². The number of hydrogen-bond donors (Lipinski definition) is 3. The van der Waals surface area contributed by atoms with Crippen molar-refractivity contribution in [1.82, 2.24) is 15.2 Å². The number of amides is 2. The van der Waals surface area contributed by atoms with Gasteiger partial charge in [-0.15, -0.1) is 0 Å². The number of primary amides is 1. The Kier molecular flexibility index (Phi) is 10.6. The molecule has 1 aliphatic rings. The Labute approximate surface area is 220 Å². The first-order valence-electron chi connectivity index (χ1n) is 13.2. The average Bonchev–Trinajstić information content (AvgIpc) is 2.92. The molecule has 1 aliphatic carbocycles. The van der Waals surface area contributed by atoms with Crippen LogP contribution in [0.5, 0.6) is 0 Å². The maximum atomic E-state index is 14.4. The van der Waals surface area contributed by atoms with Crippen LogP contribution in [0, 0.1) is 11.3 Å². The molecule has 0 saturated heterocycles. The first-order valence-corrected chi connectivity index (χ1v) is 13.2. The summed E-state index contributed by atoms with van der Waals surface area (Å²) in [5.41, 5.74) is 7.09. The smallest absolute Gasteiger partial charge is 0.244 e. The van der Waals surface area contributed by atoms with Crippen molar-refractivity contribution >= 4 is 11.8 Å². The lowest BCUT2D eigenvalue weighted by atomic mass is 9.64. The first-order chi connectivity index (χ1) is 17.9. The molecule has 0 fully saturated rings. The Bertz CT molecular complexity index is 1060. The topological polar surface area (TPSA) is 109 Å². The Morgan fingerprint density at radius 3 is 2.38 bits per heavy atom. The predicted molar refractivity (Wildman–Crippen MR) is 146 cm³/mol. The van der Waals surface area contributed by atoms with Crippen LogP contribution in [0.4, 0.5) is 0 Å². The molecule has 0 spiro atoms. The molecule has 3 rings (SSSR count). The van der Waals surface area contributed by atoms with Gasteiger partial charge >= 0.3 is 0 Å². The van der Waals surface area contributed by atoms with Gasteiger partial charge in [0.25, 0.3) is 0 Å². The van der Waals surface area contributed by atoms with Crippen LogP contribution < -0.4 is 11.1 Å². The highest BCUT2D eigenvalue weighted by atomic mass is 16.3. The van der Waals surface area contributed by atoms with E-state index in [0.29, 0.717) is 38.2 Å². The van der Waals surface area contributed by atoms with Gasteiger partial charge in [-0.25, -0.2) is 0 Å². The van der Waals surface area contributed by atoms with E-state index in [4.69, 9.17) is 5.73 Å². The molecule has 1 heterocycles. The molecular weight excluding hydrogens is 464 g/mol. The van der Waals surface area contributed by atoms with Gasteiger partial charge in [0.15, 0.2) is 0 Å². The number of aromatic nitrogens is 1. The van der Waals surface area contributed by atoms with Crippen LogP contribution in [0.15, 0.2) is 78.7 Å². The standard InChI is InChI=1S/C30H40N4O3/c1-3-17-34(18-4-2)29(37)30(14-8-11-25(20-30)28(31)36)26(19-23-9-6-5-7-10-23)27(35)22-33-21-24-12-15-32-16-13-24/h5-16,26-27,33,35H,3-4,17-22H2,1-2H3,(H2,31,36)/t26-,27+,30?/m1/s1. The number of nitrogens with zero attached hydrogens (tertiary/aromatic N) is 2. The number of nitrogens with one attached hydrogen (secondary N) is 1. The molecule has 3 atom stereocenters. The van der Waals surface area contributed by atoms with Crippen LogP contribution in [0.25, 0.3) is 0 Å². The SMILES string of the molecule is CCCN(CCC)C(=O)C1([C@H](Cc2ccccc2)[C@@H](O)CNCc2ccncc2)C=CC=C(C(N)=O)C1. The van der Waals surface area contributed by atoms with Crippen molar-refractivity contribution < 1.29 is 14.7 Å². The predicted octanol–water partition coefficient (Wildman–Crippen LogP) is 3.40. The molecule has 2 amide bonds. The van der Waals surface area contributed by atoms with Crippen LogP contribution in [0.3, 0.4) is 0 Å². The van der Waals surface area contributed by atoms with Gasteiger partial charge in [0.2, 0.25) is 11.8 Å². The van der Waals surface area contributed by atoms with E-state index in [1.54, 1.807) is 24.5 Å². The lowest BCUT2D eigenvalue weighted by molar-refractivity contribution is -0.145. The largest absolute Gasteiger partial charge is 0.391 e. The molecule has 2 aromatic rings. The minimum atomic E-state index is -1.10. The number of nitrogens with two attached hydrogens (primary N) is 1. The fourth-order valence-electron chi connectivity index (χ4n) is 5.18. The summed E-state index contributed by atoms with van der Waals surface area (Å²) in [7, 11) is 0. The summed E-state index contributed by atoms with van der Waals surface area (Å²) >= 11 is 0. The van der Waals surface area contributed by atoms with Gasteiger partial charge in [0.05, 0.1) is 11.5 Å². The van der Waals surface area contributed by atoms with Crippen molar-refractivity contribution in [2.24, 2.45) is 17.1 Å². The summed E-state index contributed by atoms with van der Waals surface area (Å²) in [6.07, 6.45) is 10.2. The number of aliphatic hydroxyl groups is 1. The van der Waals surface area contributed by atoms with Crippen LogP contribution >= 0.6 is 0 Å². The number of hydrogen-bond acceptors (Lipinski definition) is 5. The summed E-state index contributed by atoms with van der Waals surface area (Å²) in [5, 5.41) is 15.0. The Balaban J connectivity index is 1.99. The van der Waals surface area contributed by atoms with E-state index in [-0.39, 0.29) is 12.3 Å². The van der Waals surface area contributed by atoms with E-state index in [1.807, 2.05) is 67.3 Å². The first kappa shape index (κ1) is 28.3. The third-order valence-corrected chi connectivity index (χ3v) is 7.02. The van der Waals surface area contributed by atoms with E-state index < -0.39 is 23.3 Å².